The number of nitrogens with two attached hydrogens (primary N) is 1. The van der Waals surface area contributed by atoms with E-state index in [-0.39, 0.29) is 0 Å². The van der Waals surface area contributed by atoms with Gasteiger partial charge in [0.2, 0.25) is 0 Å². The molecule has 2 heteroatoms. The highest BCUT2D eigenvalue weighted by Gasteiger charge is 2.47. The summed E-state index contributed by atoms with van der Waals surface area (Å²) in [6.45, 7) is 10.5. The van der Waals surface area contributed by atoms with E-state index in [2.05, 4.69) is 25.7 Å². The summed E-state index contributed by atoms with van der Waals surface area (Å²) in [5.74, 6) is 0.788. The standard InChI is InChI=1S/C13H26N2/c1-11-5-4-6-13(11,9-14)15-8-7-12(2,3)10-15/h11H,4-10,14H2,1-3H3. The van der Waals surface area contributed by atoms with Crippen molar-refractivity contribution >= 4 is 0 Å². The second kappa shape index (κ2) is 3.74. The van der Waals surface area contributed by atoms with Crippen LogP contribution in [-0.2, 0) is 0 Å². The van der Waals surface area contributed by atoms with Crippen molar-refractivity contribution in [1.82, 2.24) is 4.90 Å². The van der Waals surface area contributed by atoms with Crippen LogP contribution in [0.5, 0.6) is 0 Å². The summed E-state index contributed by atoms with van der Waals surface area (Å²) < 4.78 is 0. The Balaban J connectivity index is 2.14. The molecule has 1 saturated heterocycles. The molecule has 0 aromatic heterocycles. The normalized spacial score (nSPS) is 41.2. The lowest BCUT2D eigenvalue weighted by atomic mass is 9.86. The SMILES string of the molecule is CC1CCCC1(CN)N1CCC(C)(C)C1. The summed E-state index contributed by atoms with van der Waals surface area (Å²) >= 11 is 0. The highest BCUT2D eigenvalue weighted by molar-refractivity contribution is 5.03. The van der Waals surface area contributed by atoms with Gasteiger partial charge in [0.05, 0.1) is 0 Å². The van der Waals surface area contributed by atoms with Gasteiger partial charge in [0.15, 0.2) is 0 Å². The highest BCUT2D eigenvalue weighted by atomic mass is 15.2. The smallest absolute Gasteiger partial charge is 0.0357 e. The average Bonchev–Trinajstić information content (AvgIpc) is 2.70. The van der Waals surface area contributed by atoms with E-state index in [0.717, 1.165) is 12.5 Å². The summed E-state index contributed by atoms with van der Waals surface area (Å²) in [4.78, 5) is 2.70. The largest absolute Gasteiger partial charge is 0.329 e. The first-order valence-corrected chi connectivity index (χ1v) is 6.45. The van der Waals surface area contributed by atoms with E-state index < -0.39 is 0 Å². The van der Waals surface area contributed by atoms with Crippen molar-refractivity contribution in [2.24, 2.45) is 17.1 Å². The molecule has 1 heterocycles. The third-order valence-electron chi connectivity index (χ3n) is 4.82. The van der Waals surface area contributed by atoms with Crippen molar-refractivity contribution in [3.63, 3.8) is 0 Å². The molecule has 0 aromatic rings. The summed E-state index contributed by atoms with van der Waals surface area (Å²) in [6.07, 6.45) is 5.39. The second-order valence-corrected chi connectivity index (χ2v) is 6.44. The Morgan fingerprint density at radius 3 is 2.47 bits per heavy atom. The van der Waals surface area contributed by atoms with E-state index in [9.17, 15) is 0 Å². The van der Waals surface area contributed by atoms with Gasteiger partial charge in [-0.3, -0.25) is 4.90 Å². The van der Waals surface area contributed by atoms with Gasteiger partial charge >= 0.3 is 0 Å². The molecule has 0 radical (unpaired) electrons. The molecule has 15 heavy (non-hydrogen) atoms. The van der Waals surface area contributed by atoms with Crippen LogP contribution >= 0.6 is 0 Å². The average molecular weight is 210 g/mol. The Labute approximate surface area is 94.2 Å². The zero-order valence-corrected chi connectivity index (χ0v) is 10.6. The lowest BCUT2D eigenvalue weighted by molar-refractivity contribution is 0.0791. The van der Waals surface area contributed by atoms with Crippen molar-refractivity contribution in [3.8, 4) is 0 Å². The van der Waals surface area contributed by atoms with Gasteiger partial charge in [0.25, 0.3) is 0 Å². The molecule has 2 nitrogen and oxygen atoms in total. The zero-order chi connectivity index (χ0) is 11.1. The summed E-state index contributed by atoms with van der Waals surface area (Å²) in [5, 5.41) is 0. The molecule has 0 spiro atoms. The first kappa shape index (κ1) is 11.4. The first-order valence-electron chi connectivity index (χ1n) is 6.45. The van der Waals surface area contributed by atoms with Crippen molar-refractivity contribution in [2.75, 3.05) is 19.6 Å². The number of likely N-dealkylation sites (tertiary alicyclic amines) is 1. The van der Waals surface area contributed by atoms with Gasteiger partial charge in [-0.1, -0.05) is 27.2 Å². The minimum atomic E-state index is 0.341. The van der Waals surface area contributed by atoms with E-state index in [4.69, 9.17) is 5.73 Å². The number of hydrogen-bond acceptors (Lipinski definition) is 2. The third-order valence-corrected chi connectivity index (χ3v) is 4.82. The molecule has 2 atom stereocenters. The molecule has 1 aliphatic heterocycles. The van der Waals surface area contributed by atoms with Gasteiger partial charge in [-0.25, -0.2) is 0 Å². The molecule has 2 fully saturated rings. The second-order valence-electron chi connectivity index (χ2n) is 6.44. The molecule has 0 bridgehead atoms. The molecule has 2 aliphatic rings. The number of nitrogens with zero attached hydrogens (tertiary/aromatic N) is 1. The third kappa shape index (κ3) is 1.83. The molecule has 2 N–H and O–H groups in total. The summed E-state index contributed by atoms with van der Waals surface area (Å²) in [5.41, 5.74) is 6.93. The molecule has 1 aliphatic carbocycles. The molecule has 2 rings (SSSR count). The van der Waals surface area contributed by atoms with Gasteiger partial charge < -0.3 is 5.73 Å². The van der Waals surface area contributed by atoms with Crippen molar-refractivity contribution in [1.29, 1.82) is 0 Å². The maximum absolute atomic E-state index is 6.09. The van der Waals surface area contributed by atoms with Crippen molar-refractivity contribution in [3.05, 3.63) is 0 Å². The maximum atomic E-state index is 6.09. The Kier molecular flexibility index (Phi) is 2.85. The molecule has 2 unspecified atom stereocenters. The number of rotatable bonds is 2. The van der Waals surface area contributed by atoms with Crippen LogP contribution in [0.2, 0.25) is 0 Å². The van der Waals surface area contributed by atoms with Crippen LogP contribution in [0.25, 0.3) is 0 Å². The molecule has 88 valence electrons. The van der Waals surface area contributed by atoms with Crippen molar-refractivity contribution < 1.29 is 0 Å². The predicted octanol–water partition coefficient (Wildman–Crippen LogP) is 2.24. The topological polar surface area (TPSA) is 29.3 Å². The zero-order valence-electron chi connectivity index (χ0n) is 10.6. The predicted molar refractivity (Wildman–Crippen MR) is 64.8 cm³/mol. The van der Waals surface area contributed by atoms with Crippen LogP contribution in [0.1, 0.15) is 46.5 Å². The van der Waals surface area contributed by atoms with Crippen LogP contribution in [0.4, 0.5) is 0 Å². The fourth-order valence-electron chi connectivity index (χ4n) is 3.62. The van der Waals surface area contributed by atoms with Gasteiger partial charge in [-0.05, 0) is 37.1 Å². The Morgan fingerprint density at radius 1 is 1.33 bits per heavy atom. The Bertz CT molecular complexity index is 237. The molecule has 0 amide bonds. The van der Waals surface area contributed by atoms with Crippen LogP contribution in [0.3, 0.4) is 0 Å². The van der Waals surface area contributed by atoms with Crippen LogP contribution in [-0.4, -0.2) is 30.1 Å². The van der Waals surface area contributed by atoms with Crippen LogP contribution in [0.15, 0.2) is 0 Å². The highest BCUT2D eigenvalue weighted by Crippen LogP contribution is 2.44. The van der Waals surface area contributed by atoms with Crippen LogP contribution < -0.4 is 5.73 Å². The molecule has 1 saturated carbocycles. The fourth-order valence-corrected chi connectivity index (χ4v) is 3.62. The molecular weight excluding hydrogens is 184 g/mol. The van der Waals surface area contributed by atoms with Crippen LogP contribution in [0, 0.1) is 11.3 Å². The minimum absolute atomic E-state index is 0.341. The van der Waals surface area contributed by atoms with E-state index in [0.29, 0.717) is 11.0 Å². The Hall–Kier alpha value is -0.0800. The van der Waals surface area contributed by atoms with Gasteiger partial charge in [0.1, 0.15) is 0 Å². The van der Waals surface area contributed by atoms with Gasteiger partial charge in [0, 0.05) is 18.6 Å². The van der Waals surface area contributed by atoms with E-state index in [1.807, 2.05) is 0 Å². The quantitative estimate of drug-likeness (QED) is 0.757. The van der Waals surface area contributed by atoms with E-state index in [1.165, 1.54) is 38.8 Å². The lowest BCUT2D eigenvalue weighted by Gasteiger charge is -2.42. The Morgan fingerprint density at radius 2 is 2.07 bits per heavy atom. The molecular formula is C13H26N2. The van der Waals surface area contributed by atoms with Gasteiger partial charge in [-0.2, -0.15) is 0 Å². The summed E-state index contributed by atoms with van der Waals surface area (Å²) in [6, 6.07) is 0. The molecule has 0 aromatic carbocycles. The minimum Gasteiger partial charge on any atom is -0.329 e. The van der Waals surface area contributed by atoms with E-state index >= 15 is 0 Å². The van der Waals surface area contributed by atoms with E-state index in [1.54, 1.807) is 0 Å². The van der Waals surface area contributed by atoms with Crippen molar-refractivity contribution in [2.45, 2.75) is 52.0 Å². The number of hydrogen-bond donors (Lipinski definition) is 1. The summed E-state index contributed by atoms with van der Waals surface area (Å²) in [7, 11) is 0. The fraction of sp³-hybridized carbons (Fsp3) is 1.00. The maximum Gasteiger partial charge on any atom is 0.0357 e. The monoisotopic (exact) mass is 210 g/mol. The first-order chi connectivity index (χ1) is 7.00. The van der Waals surface area contributed by atoms with Gasteiger partial charge in [-0.15, -0.1) is 0 Å². The lowest BCUT2D eigenvalue weighted by Crippen LogP contribution is -2.55.